The zero-order valence-corrected chi connectivity index (χ0v) is 10.5. The molecule has 0 spiro atoms. The first kappa shape index (κ1) is 14.8. The number of carboxylic acid groups (broad SMARTS) is 1. The fraction of sp³-hybridized carbons (Fsp3) is 0.455. The number of aliphatic carboxylic acids is 1. The van der Waals surface area contributed by atoms with Crippen molar-refractivity contribution in [3.8, 4) is 0 Å². The molecule has 0 aliphatic heterocycles. The molecule has 5 N–H and O–H groups in total. The van der Waals surface area contributed by atoms with E-state index < -0.39 is 23.2 Å². The van der Waals surface area contributed by atoms with Crippen molar-refractivity contribution in [3.63, 3.8) is 0 Å². The van der Waals surface area contributed by atoms with Crippen molar-refractivity contribution in [3.05, 3.63) is 18.2 Å². The summed E-state index contributed by atoms with van der Waals surface area (Å²) >= 11 is 0. The second-order valence-electron chi connectivity index (χ2n) is 4.11. The van der Waals surface area contributed by atoms with Crippen LogP contribution in [-0.4, -0.2) is 44.8 Å². The van der Waals surface area contributed by atoms with E-state index in [0.29, 0.717) is 5.69 Å². The Balaban J connectivity index is 3.04. The molecular weight excluding hydrogens is 252 g/mol. The number of nitrogens with two attached hydrogens (primary N) is 1. The van der Waals surface area contributed by atoms with E-state index in [4.69, 9.17) is 5.73 Å². The second kappa shape index (κ2) is 6.10. The van der Waals surface area contributed by atoms with Gasteiger partial charge in [-0.1, -0.05) is 0 Å². The zero-order valence-electron chi connectivity index (χ0n) is 10.5. The molecule has 0 radical (unpaired) electrons. The van der Waals surface area contributed by atoms with Gasteiger partial charge in [0.05, 0.1) is 6.33 Å². The molecule has 0 saturated heterocycles. The summed E-state index contributed by atoms with van der Waals surface area (Å²) in [4.78, 5) is 41.2. The zero-order chi connectivity index (χ0) is 14.5. The van der Waals surface area contributed by atoms with Crippen molar-refractivity contribution in [1.29, 1.82) is 0 Å². The molecule has 104 valence electrons. The Morgan fingerprint density at radius 2 is 2.21 bits per heavy atom. The van der Waals surface area contributed by atoms with Crippen LogP contribution in [0.3, 0.4) is 0 Å². The van der Waals surface area contributed by atoms with Gasteiger partial charge in [0, 0.05) is 31.3 Å². The molecule has 0 saturated carbocycles. The molecular formula is C11H16N4O4. The van der Waals surface area contributed by atoms with Gasteiger partial charge in [-0.25, -0.2) is 9.78 Å². The van der Waals surface area contributed by atoms with Crippen LogP contribution >= 0.6 is 0 Å². The number of rotatable bonds is 7. The Morgan fingerprint density at radius 3 is 2.63 bits per heavy atom. The quantitative estimate of drug-likeness (QED) is 0.460. The van der Waals surface area contributed by atoms with Gasteiger partial charge in [0.25, 0.3) is 0 Å². The molecule has 0 aromatic carbocycles. The predicted molar refractivity (Wildman–Crippen MR) is 65.2 cm³/mol. The van der Waals surface area contributed by atoms with E-state index in [1.807, 2.05) is 0 Å². The fourth-order valence-electron chi connectivity index (χ4n) is 1.63. The highest BCUT2D eigenvalue weighted by molar-refractivity contribution is 6.09. The molecule has 0 fully saturated rings. The van der Waals surface area contributed by atoms with Crippen LogP contribution in [0.15, 0.2) is 12.5 Å². The number of hydrogen-bond acceptors (Lipinski definition) is 5. The lowest BCUT2D eigenvalue weighted by Crippen LogP contribution is -2.61. The predicted octanol–water partition coefficient (Wildman–Crippen LogP) is -1.17. The molecule has 1 aromatic rings. The molecule has 1 rings (SSSR count). The van der Waals surface area contributed by atoms with Gasteiger partial charge in [-0.15, -0.1) is 0 Å². The molecule has 0 unspecified atom stereocenters. The van der Waals surface area contributed by atoms with Crippen LogP contribution in [0.4, 0.5) is 0 Å². The smallest absolute Gasteiger partial charge is 0.337 e. The van der Waals surface area contributed by atoms with Crippen molar-refractivity contribution in [2.24, 2.45) is 5.73 Å². The first-order chi connectivity index (χ1) is 8.92. The Morgan fingerprint density at radius 1 is 1.53 bits per heavy atom. The summed E-state index contributed by atoms with van der Waals surface area (Å²) in [5, 5.41) is 11.6. The summed E-state index contributed by atoms with van der Waals surface area (Å²) in [6.07, 6.45) is 2.51. The van der Waals surface area contributed by atoms with Gasteiger partial charge in [-0.05, 0) is 6.92 Å². The number of carbonyl (C=O) groups excluding carboxylic acids is 2. The molecule has 1 aromatic heterocycles. The van der Waals surface area contributed by atoms with Gasteiger partial charge in [0.2, 0.25) is 11.4 Å². The van der Waals surface area contributed by atoms with Crippen LogP contribution in [0.1, 0.15) is 19.0 Å². The molecule has 8 heteroatoms. The number of nitrogens with one attached hydrogen (secondary N) is 2. The highest BCUT2D eigenvalue weighted by atomic mass is 16.4. The van der Waals surface area contributed by atoms with Gasteiger partial charge in [0.1, 0.15) is 0 Å². The third-order valence-electron chi connectivity index (χ3n) is 2.70. The summed E-state index contributed by atoms with van der Waals surface area (Å²) in [5.41, 5.74) is 3.66. The first-order valence-corrected chi connectivity index (χ1v) is 5.65. The Labute approximate surface area is 109 Å². The molecule has 1 heterocycles. The van der Waals surface area contributed by atoms with Crippen molar-refractivity contribution >= 4 is 17.7 Å². The number of H-pyrrole nitrogens is 1. The van der Waals surface area contributed by atoms with Gasteiger partial charge in [-0.3, -0.25) is 9.59 Å². The van der Waals surface area contributed by atoms with E-state index in [1.165, 1.54) is 12.5 Å². The highest BCUT2D eigenvalue weighted by Gasteiger charge is 2.45. The van der Waals surface area contributed by atoms with Crippen LogP contribution in [0.5, 0.6) is 0 Å². The van der Waals surface area contributed by atoms with E-state index in [1.54, 1.807) is 0 Å². The van der Waals surface area contributed by atoms with Crippen molar-refractivity contribution in [1.82, 2.24) is 15.3 Å². The number of amides is 1. The summed E-state index contributed by atoms with van der Waals surface area (Å²) in [6, 6.07) is 0. The molecule has 0 aliphatic rings. The largest absolute Gasteiger partial charge is 0.479 e. The molecule has 1 atom stereocenters. The van der Waals surface area contributed by atoms with Crippen LogP contribution in [-0.2, 0) is 20.8 Å². The maximum absolute atomic E-state index is 11.7. The van der Waals surface area contributed by atoms with Crippen LogP contribution in [0, 0.1) is 0 Å². The highest BCUT2D eigenvalue weighted by Crippen LogP contribution is 2.14. The minimum Gasteiger partial charge on any atom is -0.479 e. The summed E-state index contributed by atoms with van der Waals surface area (Å²) in [7, 11) is 0. The number of carboxylic acids is 1. The third kappa shape index (κ3) is 3.38. The lowest BCUT2D eigenvalue weighted by Gasteiger charge is -2.27. The van der Waals surface area contributed by atoms with E-state index in [2.05, 4.69) is 15.3 Å². The number of hydrogen-bond donors (Lipinski definition) is 4. The van der Waals surface area contributed by atoms with Crippen molar-refractivity contribution in [2.45, 2.75) is 25.3 Å². The molecule has 0 aliphatic carbocycles. The maximum Gasteiger partial charge on any atom is 0.337 e. The Kier molecular flexibility index (Phi) is 4.76. The van der Waals surface area contributed by atoms with Crippen molar-refractivity contribution < 1.29 is 19.5 Å². The number of carbonyl (C=O) groups is 3. The number of imidazole rings is 1. The minimum absolute atomic E-state index is 0.0503. The molecule has 19 heavy (non-hydrogen) atoms. The second-order valence-corrected chi connectivity index (χ2v) is 4.11. The normalized spacial score (nSPS) is 13.6. The monoisotopic (exact) mass is 268 g/mol. The van der Waals surface area contributed by atoms with E-state index >= 15 is 0 Å². The SMILES string of the molecule is CC(=O)[C@@](Cc1cnc[nH]1)(NC(=O)CCN)C(=O)O. The molecule has 0 bridgehead atoms. The van der Waals surface area contributed by atoms with Gasteiger partial charge >= 0.3 is 5.97 Å². The summed E-state index contributed by atoms with van der Waals surface area (Å²) in [6.45, 7) is 1.19. The molecule has 1 amide bonds. The van der Waals surface area contributed by atoms with Crippen molar-refractivity contribution in [2.75, 3.05) is 6.54 Å². The standard InChI is InChI=1S/C11H16N4O4/c1-7(16)11(10(18)19,15-9(17)2-3-12)4-8-5-13-6-14-8/h5-6H,2-4,12H2,1H3,(H,13,14)(H,15,17)(H,18,19)/t11-/m1/s1. The van der Waals surface area contributed by atoms with Gasteiger partial charge < -0.3 is 21.1 Å². The van der Waals surface area contributed by atoms with E-state index in [-0.39, 0.29) is 19.4 Å². The van der Waals surface area contributed by atoms with E-state index in [0.717, 1.165) is 6.92 Å². The fourth-order valence-corrected chi connectivity index (χ4v) is 1.63. The number of nitrogens with zero attached hydrogens (tertiary/aromatic N) is 1. The Bertz CT molecular complexity index is 455. The number of Topliss-reactive ketones (excluding diaryl/α,β-unsaturated/α-hetero) is 1. The minimum atomic E-state index is -2.00. The first-order valence-electron chi connectivity index (χ1n) is 5.65. The van der Waals surface area contributed by atoms with Gasteiger partial charge in [-0.2, -0.15) is 0 Å². The maximum atomic E-state index is 11.7. The van der Waals surface area contributed by atoms with Gasteiger partial charge in [0.15, 0.2) is 5.78 Å². The topological polar surface area (TPSA) is 138 Å². The van der Waals surface area contributed by atoms with E-state index in [9.17, 15) is 19.5 Å². The molecule has 8 nitrogen and oxygen atoms in total. The lowest BCUT2D eigenvalue weighted by atomic mass is 9.89. The number of ketones is 1. The summed E-state index contributed by atoms with van der Waals surface area (Å²) < 4.78 is 0. The summed E-state index contributed by atoms with van der Waals surface area (Å²) in [5.74, 6) is -2.67. The van der Waals surface area contributed by atoms with Crippen LogP contribution < -0.4 is 11.1 Å². The number of aromatic nitrogens is 2. The van der Waals surface area contributed by atoms with Crippen LogP contribution in [0.25, 0.3) is 0 Å². The lowest BCUT2D eigenvalue weighted by molar-refractivity contribution is -0.152. The number of aromatic amines is 1. The Hall–Kier alpha value is -2.22. The average Bonchev–Trinajstić information content (AvgIpc) is 2.80. The average molecular weight is 268 g/mol. The third-order valence-corrected chi connectivity index (χ3v) is 2.70. The van der Waals surface area contributed by atoms with Crippen LogP contribution in [0.2, 0.25) is 0 Å².